The third-order valence-corrected chi connectivity index (χ3v) is 3.60. The van der Waals surface area contributed by atoms with E-state index in [2.05, 4.69) is 0 Å². The maximum Gasteiger partial charge on any atom is 0.153 e. The maximum atomic E-state index is 10.7. The van der Waals surface area contributed by atoms with Gasteiger partial charge in [0.05, 0.1) is 11.8 Å². The molecule has 0 N–H and O–H groups in total. The van der Waals surface area contributed by atoms with E-state index >= 15 is 0 Å². The van der Waals surface area contributed by atoms with Crippen LogP contribution in [0, 0.1) is 0 Å². The number of carbonyl (C=O) groups excluding carboxylic acids is 1. The summed E-state index contributed by atoms with van der Waals surface area (Å²) in [4.78, 5) is 10.7. The zero-order valence-corrected chi connectivity index (χ0v) is 8.18. The average molecular weight is 196 g/mol. The molecule has 1 aromatic rings. The topological polar surface area (TPSA) is 30.2 Å². The van der Waals surface area contributed by atoms with Gasteiger partial charge >= 0.3 is 0 Å². The minimum atomic E-state index is 0.453. The largest absolute Gasteiger partial charge is 0.468 e. The molecular formula is C10H12O2S. The molecule has 1 atom stereocenters. The van der Waals surface area contributed by atoms with Gasteiger partial charge in [-0.1, -0.05) is 0 Å². The first-order valence-corrected chi connectivity index (χ1v) is 5.67. The first-order valence-electron chi connectivity index (χ1n) is 4.52. The Hall–Kier alpha value is -0.700. The summed E-state index contributed by atoms with van der Waals surface area (Å²) >= 11 is 1.94. The van der Waals surface area contributed by atoms with Crippen molar-refractivity contribution < 1.29 is 9.21 Å². The summed E-state index contributed by atoms with van der Waals surface area (Å²) in [5, 5.41) is 0. The van der Waals surface area contributed by atoms with Gasteiger partial charge in [-0.05, 0) is 24.7 Å². The van der Waals surface area contributed by atoms with E-state index in [-0.39, 0.29) is 0 Å². The Morgan fingerprint density at radius 3 is 3.23 bits per heavy atom. The summed E-state index contributed by atoms with van der Waals surface area (Å²) in [5.74, 6) is 3.68. The molecule has 70 valence electrons. The van der Waals surface area contributed by atoms with E-state index in [0.29, 0.717) is 5.92 Å². The first-order chi connectivity index (χ1) is 6.42. The van der Waals surface area contributed by atoms with Crippen LogP contribution >= 0.6 is 11.8 Å². The van der Waals surface area contributed by atoms with Gasteiger partial charge in [-0.2, -0.15) is 11.8 Å². The zero-order chi connectivity index (χ0) is 9.10. The molecule has 1 unspecified atom stereocenters. The highest BCUT2D eigenvalue weighted by molar-refractivity contribution is 7.99. The normalized spacial score (nSPS) is 22.9. The molecule has 0 saturated carbocycles. The van der Waals surface area contributed by atoms with Crippen molar-refractivity contribution >= 4 is 18.0 Å². The standard InChI is InChI=1S/C10H12O2S/c11-6-8-3-4-12-10(8)9-2-1-5-13-7-9/h3-4,6,9H,1-2,5,7H2. The number of furan rings is 1. The van der Waals surface area contributed by atoms with Crippen LogP contribution < -0.4 is 0 Å². The highest BCUT2D eigenvalue weighted by Gasteiger charge is 2.21. The van der Waals surface area contributed by atoms with Crippen molar-refractivity contribution in [3.63, 3.8) is 0 Å². The lowest BCUT2D eigenvalue weighted by molar-refractivity contribution is 0.112. The van der Waals surface area contributed by atoms with Crippen molar-refractivity contribution in [1.82, 2.24) is 0 Å². The van der Waals surface area contributed by atoms with Crippen molar-refractivity contribution in [3.8, 4) is 0 Å². The minimum Gasteiger partial charge on any atom is -0.468 e. The van der Waals surface area contributed by atoms with Crippen LogP contribution in [0.4, 0.5) is 0 Å². The number of rotatable bonds is 2. The average Bonchev–Trinajstić information content (AvgIpc) is 2.67. The van der Waals surface area contributed by atoms with Crippen LogP contribution in [0.5, 0.6) is 0 Å². The van der Waals surface area contributed by atoms with Gasteiger partial charge in [0.25, 0.3) is 0 Å². The van der Waals surface area contributed by atoms with Crippen LogP contribution in [0.2, 0.25) is 0 Å². The lowest BCUT2D eigenvalue weighted by Gasteiger charge is -2.19. The maximum absolute atomic E-state index is 10.7. The highest BCUT2D eigenvalue weighted by atomic mass is 32.2. The predicted octanol–water partition coefficient (Wildman–Crippen LogP) is 2.70. The Bertz CT molecular complexity index is 287. The molecule has 2 rings (SSSR count). The fraction of sp³-hybridized carbons (Fsp3) is 0.500. The number of hydrogen-bond donors (Lipinski definition) is 0. The van der Waals surface area contributed by atoms with Crippen LogP contribution in [0.25, 0.3) is 0 Å². The Kier molecular flexibility index (Phi) is 2.74. The molecule has 1 aliphatic heterocycles. The summed E-state index contributed by atoms with van der Waals surface area (Å²) in [7, 11) is 0. The lowest BCUT2D eigenvalue weighted by atomic mass is 10.00. The molecule has 1 aromatic heterocycles. The summed E-state index contributed by atoms with van der Waals surface area (Å²) in [6.07, 6.45) is 4.88. The van der Waals surface area contributed by atoms with Gasteiger partial charge in [0.15, 0.2) is 6.29 Å². The first kappa shape index (κ1) is 8.88. The Morgan fingerprint density at radius 1 is 1.62 bits per heavy atom. The monoisotopic (exact) mass is 196 g/mol. The number of aldehydes is 1. The van der Waals surface area contributed by atoms with Gasteiger partial charge in [-0.3, -0.25) is 4.79 Å². The van der Waals surface area contributed by atoms with Crippen molar-refractivity contribution in [2.45, 2.75) is 18.8 Å². The molecule has 0 spiro atoms. The lowest BCUT2D eigenvalue weighted by Crippen LogP contribution is -2.09. The van der Waals surface area contributed by atoms with Gasteiger partial charge in [0.1, 0.15) is 5.76 Å². The molecular weight excluding hydrogens is 184 g/mol. The smallest absolute Gasteiger partial charge is 0.153 e. The van der Waals surface area contributed by atoms with Crippen molar-refractivity contribution in [2.75, 3.05) is 11.5 Å². The fourth-order valence-corrected chi connectivity index (χ4v) is 2.85. The second-order valence-corrected chi connectivity index (χ2v) is 4.42. The van der Waals surface area contributed by atoms with E-state index in [0.717, 1.165) is 29.8 Å². The molecule has 0 amide bonds. The predicted molar refractivity (Wildman–Crippen MR) is 53.4 cm³/mol. The van der Waals surface area contributed by atoms with Crippen molar-refractivity contribution in [3.05, 3.63) is 23.7 Å². The van der Waals surface area contributed by atoms with Crippen molar-refractivity contribution in [1.29, 1.82) is 0 Å². The van der Waals surface area contributed by atoms with E-state index in [9.17, 15) is 4.79 Å². The zero-order valence-electron chi connectivity index (χ0n) is 7.36. The second-order valence-electron chi connectivity index (χ2n) is 3.27. The summed E-state index contributed by atoms with van der Waals surface area (Å²) in [6, 6.07) is 1.75. The van der Waals surface area contributed by atoms with Crippen LogP contribution in [0.3, 0.4) is 0 Å². The molecule has 1 aliphatic rings. The third kappa shape index (κ3) is 1.80. The summed E-state index contributed by atoms with van der Waals surface area (Å²) in [6.45, 7) is 0. The molecule has 0 aliphatic carbocycles. The summed E-state index contributed by atoms with van der Waals surface area (Å²) in [5.41, 5.74) is 0.729. The molecule has 1 saturated heterocycles. The molecule has 2 nitrogen and oxygen atoms in total. The molecule has 0 aromatic carbocycles. The van der Waals surface area contributed by atoms with E-state index < -0.39 is 0 Å². The van der Waals surface area contributed by atoms with E-state index in [4.69, 9.17) is 4.42 Å². The van der Waals surface area contributed by atoms with Crippen LogP contribution in [-0.2, 0) is 0 Å². The number of thioether (sulfide) groups is 1. The van der Waals surface area contributed by atoms with Crippen molar-refractivity contribution in [2.24, 2.45) is 0 Å². The van der Waals surface area contributed by atoms with E-state index in [1.54, 1.807) is 12.3 Å². The molecule has 2 heterocycles. The third-order valence-electron chi connectivity index (χ3n) is 2.39. The van der Waals surface area contributed by atoms with E-state index in [1.165, 1.54) is 12.2 Å². The SMILES string of the molecule is O=Cc1ccoc1C1CCCSC1. The van der Waals surface area contributed by atoms with Gasteiger partial charge in [0, 0.05) is 11.7 Å². The Balaban J connectivity index is 2.17. The molecule has 13 heavy (non-hydrogen) atoms. The number of hydrogen-bond acceptors (Lipinski definition) is 3. The van der Waals surface area contributed by atoms with Gasteiger partial charge < -0.3 is 4.42 Å². The molecule has 0 bridgehead atoms. The van der Waals surface area contributed by atoms with E-state index in [1.807, 2.05) is 11.8 Å². The summed E-state index contributed by atoms with van der Waals surface area (Å²) < 4.78 is 5.35. The van der Waals surface area contributed by atoms with Gasteiger partial charge in [0.2, 0.25) is 0 Å². The van der Waals surface area contributed by atoms with Gasteiger partial charge in [-0.15, -0.1) is 0 Å². The minimum absolute atomic E-state index is 0.453. The Labute approximate surface area is 81.7 Å². The fourth-order valence-electron chi connectivity index (χ4n) is 1.71. The highest BCUT2D eigenvalue weighted by Crippen LogP contribution is 2.32. The Morgan fingerprint density at radius 2 is 2.54 bits per heavy atom. The molecule has 3 heteroatoms. The molecule has 0 radical (unpaired) electrons. The second kappa shape index (κ2) is 4.01. The van der Waals surface area contributed by atoms with Crippen LogP contribution in [0.15, 0.2) is 16.7 Å². The van der Waals surface area contributed by atoms with Crippen LogP contribution in [-0.4, -0.2) is 17.8 Å². The quantitative estimate of drug-likeness (QED) is 0.681. The van der Waals surface area contributed by atoms with Gasteiger partial charge in [-0.25, -0.2) is 0 Å². The number of carbonyl (C=O) groups is 1. The van der Waals surface area contributed by atoms with Crippen LogP contribution in [0.1, 0.15) is 34.9 Å². The molecule has 1 fully saturated rings.